The lowest BCUT2D eigenvalue weighted by Crippen LogP contribution is -2.12. The van der Waals surface area contributed by atoms with Gasteiger partial charge in [0.2, 0.25) is 0 Å². The number of carbonyl (C=O) groups is 1. The molecule has 0 spiro atoms. The largest absolute Gasteiger partial charge is 0.504 e. The Hall–Kier alpha value is -1.25. The van der Waals surface area contributed by atoms with Crippen molar-refractivity contribution in [3.8, 4) is 0 Å². The molecule has 0 saturated heterocycles. The van der Waals surface area contributed by atoms with E-state index in [1.807, 2.05) is 0 Å². The van der Waals surface area contributed by atoms with Gasteiger partial charge in [-0.1, -0.05) is 12.2 Å². The highest BCUT2D eigenvalue weighted by atomic mass is 16.5. The maximum Gasteiger partial charge on any atom is 0.251 e. The van der Waals surface area contributed by atoms with Crippen LogP contribution in [0.4, 0.5) is 0 Å². The van der Waals surface area contributed by atoms with Crippen LogP contribution >= 0.6 is 0 Å². The summed E-state index contributed by atoms with van der Waals surface area (Å²) < 4.78 is 4.60. The molecule has 1 amide bonds. The highest BCUT2D eigenvalue weighted by Crippen LogP contribution is 1.94. The summed E-state index contributed by atoms with van der Waals surface area (Å²) in [6.07, 6.45) is 4.61. The van der Waals surface area contributed by atoms with Crippen molar-refractivity contribution in [1.29, 1.82) is 0 Å². The molecule has 3 nitrogen and oxygen atoms in total. The molecule has 0 aliphatic rings. The van der Waals surface area contributed by atoms with Crippen LogP contribution in [0.5, 0.6) is 0 Å². The number of hydrogen-bond donors (Lipinski definition) is 1. The molecule has 2 N–H and O–H groups in total. The average Bonchev–Trinajstić information content (AvgIpc) is 1.87. The van der Waals surface area contributed by atoms with Gasteiger partial charge < -0.3 is 10.5 Å². The van der Waals surface area contributed by atoms with Crippen LogP contribution < -0.4 is 5.73 Å². The first kappa shape index (κ1) is 8.75. The van der Waals surface area contributed by atoms with Gasteiger partial charge in [0.05, 0.1) is 18.9 Å². The molecule has 0 fully saturated rings. The lowest BCUT2D eigenvalue weighted by molar-refractivity contribution is -0.114. The molecule has 0 saturated carbocycles. The minimum atomic E-state index is -0.486. The summed E-state index contributed by atoms with van der Waals surface area (Å²) in [7, 11) is 1.46. The number of primary amides is 1. The Bertz CT molecular complexity index is 170. The normalized spacial score (nSPS) is 12.0. The summed E-state index contributed by atoms with van der Waals surface area (Å²) in [4.78, 5) is 10.5. The average molecular weight is 141 g/mol. The van der Waals surface area contributed by atoms with E-state index in [1.54, 1.807) is 19.1 Å². The zero-order chi connectivity index (χ0) is 7.98. The second-order valence-electron chi connectivity index (χ2n) is 1.67. The van der Waals surface area contributed by atoms with Gasteiger partial charge in [-0.3, -0.25) is 4.79 Å². The van der Waals surface area contributed by atoms with Gasteiger partial charge >= 0.3 is 0 Å². The van der Waals surface area contributed by atoms with Crippen LogP contribution in [0.1, 0.15) is 6.92 Å². The first-order valence-electron chi connectivity index (χ1n) is 2.87. The summed E-state index contributed by atoms with van der Waals surface area (Å²) in [6.45, 7) is 1.80. The SMILES string of the molecule is CC=C/C(=C\OC)C(N)=O. The van der Waals surface area contributed by atoms with E-state index in [4.69, 9.17) is 5.73 Å². The van der Waals surface area contributed by atoms with Crippen LogP contribution in [0.15, 0.2) is 24.0 Å². The smallest absolute Gasteiger partial charge is 0.251 e. The topological polar surface area (TPSA) is 52.3 Å². The van der Waals surface area contributed by atoms with Crippen molar-refractivity contribution >= 4 is 5.91 Å². The van der Waals surface area contributed by atoms with Crippen molar-refractivity contribution in [2.45, 2.75) is 6.92 Å². The molecule has 0 aromatic carbocycles. The van der Waals surface area contributed by atoms with Gasteiger partial charge in [0, 0.05) is 0 Å². The van der Waals surface area contributed by atoms with Crippen LogP contribution in [0.3, 0.4) is 0 Å². The van der Waals surface area contributed by atoms with Crippen molar-refractivity contribution in [2.24, 2.45) is 5.73 Å². The standard InChI is InChI=1S/C7H11NO2/c1-3-4-6(5-10-2)7(8)9/h3-5H,1-2H3,(H2,8,9)/b4-3?,6-5+. The van der Waals surface area contributed by atoms with Crippen molar-refractivity contribution in [2.75, 3.05) is 7.11 Å². The van der Waals surface area contributed by atoms with E-state index in [9.17, 15) is 4.79 Å². The summed E-state index contributed by atoms with van der Waals surface area (Å²) in [5, 5.41) is 0. The quantitative estimate of drug-likeness (QED) is 0.355. The van der Waals surface area contributed by atoms with Gasteiger partial charge in [0.1, 0.15) is 0 Å². The second kappa shape index (κ2) is 4.61. The summed E-state index contributed by atoms with van der Waals surface area (Å²) in [5.74, 6) is -0.486. The fourth-order valence-electron chi connectivity index (χ4n) is 0.486. The van der Waals surface area contributed by atoms with E-state index < -0.39 is 5.91 Å². The summed E-state index contributed by atoms with van der Waals surface area (Å²) in [5.41, 5.74) is 5.34. The molecule has 0 aliphatic carbocycles. The van der Waals surface area contributed by atoms with Crippen molar-refractivity contribution in [3.63, 3.8) is 0 Å². The van der Waals surface area contributed by atoms with Crippen LogP contribution in [-0.2, 0) is 9.53 Å². The Morgan fingerprint density at radius 1 is 1.60 bits per heavy atom. The van der Waals surface area contributed by atoms with Gasteiger partial charge in [-0.05, 0) is 6.92 Å². The Morgan fingerprint density at radius 2 is 2.20 bits per heavy atom. The Kier molecular flexibility index (Phi) is 4.04. The van der Waals surface area contributed by atoms with Gasteiger partial charge in [-0.25, -0.2) is 0 Å². The number of carbonyl (C=O) groups excluding carboxylic acids is 1. The molecule has 0 bridgehead atoms. The second-order valence-corrected chi connectivity index (χ2v) is 1.67. The van der Waals surface area contributed by atoms with Crippen LogP contribution in [-0.4, -0.2) is 13.0 Å². The third-order valence-corrected chi connectivity index (χ3v) is 0.876. The predicted octanol–water partition coefficient (Wildman–Crippen LogP) is 0.578. The van der Waals surface area contributed by atoms with Gasteiger partial charge in [-0.15, -0.1) is 0 Å². The number of nitrogens with two attached hydrogens (primary N) is 1. The molecule has 0 radical (unpaired) electrons. The van der Waals surface area contributed by atoms with Crippen molar-refractivity contribution in [3.05, 3.63) is 24.0 Å². The van der Waals surface area contributed by atoms with Crippen molar-refractivity contribution < 1.29 is 9.53 Å². The highest BCUT2D eigenvalue weighted by molar-refractivity contribution is 5.94. The number of hydrogen-bond acceptors (Lipinski definition) is 2. The van der Waals surface area contributed by atoms with Crippen LogP contribution in [0.2, 0.25) is 0 Å². The number of amides is 1. The maximum absolute atomic E-state index is 10.5. The third-order valence-electron chi connectivity index (χ3n) is 0.876. The maximum atomic E-state index is 10.5. The first-order valence-corrected chi connectivity index (χ1v) is 2.87. The van der Waals surface area contributed by atoms with E-state index in [1.165, 1.54) is 13.4 Å². The van der Waals surface area contributed by atoms with E-state index in [0.29, 0.717) is 5.57 Å². The predicted molar refractivity (Wildman–Crippen MR) is 39.1 cm³/mol. The summed E-state index contributed by atoms with van der Waals surface area (Å²) >= 11 is 0. The molecule has 56 valence electrons. The molecule has 0 rings (SSSR count). The number of methoxy groups -OCH3 is 1. The zero-order valence-corrected chi connectivity index (χ0v) is 6.13. The minimum absolute atomic E-state index is 0.366. The van der Waals surface area contributed by atoms with Crippen molar-refractivity contribution in [1.82, 2.24) is 0 Å². The Labute approximate surface area is 60.2 Å². The molecule has 0 aromatic rings. The molecule has 0 heterocycles. The molecular weight excluding hydrogens is 130 g/mol. The summed E-state index contributed by atoms with van der Waals surface area (Å²) in [6, 6.07) is 0. The molecule has 0 unspecified atom stereocenters. The number of rotatable bonds is 3. The molecule has 10 heavy (non-hydrogen) atoms. The van der Waals surface area contributed by atoms with Crippen LogP contribution in [0, 0.1) is 0 Å². The minimum Gasteiger partial charge on any atom is -0.504 e. The van der Waals surface area contributed by atoms with Crippen LogP contribution in [0.25, 0.3) is 0 Å². The Balaban J connectivity index is 4.26. The molecule has 0 aromatic heterocycles. The Morgan fingerprint density at radius 3 is 2.50 bits per heavy atom. The molecule has 0 atom stereocenters. The zero-order valence-electron chi connectivity index (χ0n) is 6.13. The lowest BCUT2D eigenvalue weighted by atomic mass is 10.2. The molecule has 0 aliphatic heterocycles. The van der Waals surface area contributed by atoms with E-state index in [2.05, 4.69) is 4.74 Å². The number of ether oxygens (including phenoxy) is 1. The van der Waals surface area contributed by atoms with E-state index in [0.717, 1.165) is 0 Å². The third kappa shape index (κ3) is 2.91. The van der Waals surface area contributed by atoms with E-state index >= 15 is 0 Å². The lowest BCUT2D eigenvalue weighted by Gasteiger charge is -1.93. The van der Waals surface area contributed by atoms with Gasteiger partial charge in [-0.2, -0.15) is 0 Å². The highest BCUT2D eigenvalue weighted by Gasteiger charge is 1.97. The fourth-order valence-corrected chi connectivity index (χ4v) is 0.486. The molecular formula is C7H11NO2. The van der Waals surface area contributed by atoms with E-state index in [-0.39, 0.29) is 0 Å². The molecule has 3 heteroatoms. The van der Waals surface area contributed by atoms with Gasteiger partial charge in [0.15, 0.2) is 0 Å². The number of allylic oxidation sites excluding steroid dienone is 1. The monoisotopic (exact) mass is 141 g/mol. The first-order chi connectivity index (χ1) is 4.72. The fraction of sp³-hybridized carbons (Fsp3) is 0.286. The van der Waals surface area contributed by atoms with Gasteiger partial charge in [0.25, 0.3) is 5.91 Å².